The van der Waals surface area contributed by atoms with E-state index in [1.54, 1.807) is 0 Å². The molecule has 2 aliphatic heterocycles. The Kier molecular flexibility index (Phi) is 2.82. The third-order valence-electron chi connectivity index (χ3n) is 3.53. The van der Waals surface area contributed by atoms with E-state index in [9.17, 15) is 0 Å². The first-order valence-electron chi connectivity index (χ1n) is 6.01. The van der Waals surface area contributed by atoms with Gasteiger partial charge in [-0.1, -0.05) is 0 Å². The van der Waals surface area contributed by atoms with Crippen LogP contribution in [0.25, 0.3) is 0 Å². The molecule has 0 amide bonds. The topological polar surface area (TPSA) is 24.5 Å². The molecule has 1 N–H and O–H groups in total. The molecule has 0 saturated carbocycles. The molecule has 15 heavy (non-hydrogen) atoms. The maximum atomic E-state index is 5.75. The summed E-state index contributed by atoms with van der Waals surface area (Å²) in [6.45, 7) is 13.1. The van der Waals surface area contributed by atoms with Crippen LogP contribution in [-0.4, -0.2) is 48.3 Å². The van der Waals surface area contributed by atoms with E-state index in [4.69, 9.17) is 4.74 Å². The quantitative estimate of drug-likeness (QED) is 0.708. The lowest BCUT2D eigenvalue weighted by Crippen LogP contribution is -2.52. The Labute approximate surface area is 93.2 Å². The Morgan fingerprint density at radius 3 is 2.53 bits per heavy atom. The van der Waals surface area contributed by atoms with Gasteiger partial charge in [-0.05, 0) is 34.1 Å². The van der Waals surface area contributed by atoms with Crippen LogP contribution in [-0.2, 0) is 4.74 Å². The summed E-state index contributed by atoms with van der Waals surface area (Å²) in [5.41, 5.74) is 0.345. The highest BCUT2D eigenvalue weighted by molar-refractivity contribution is 4.96. The summed E-state index contributed by atoms with van der Waals surface area (Å²) < 4.78 is 5.75. The molecule has 1 atom stereocenters. The van der Waals surface area contributed by atoms with Crippen molar-refractivity contribution in [2.45, 2.75) is 51.3 Å². The van der Waals surface area contributed by atoms with E-state index in [2.05, 4.69) is 37.9 Å². The summed E-state index contributed by atoms with van der Waals surface area (Å²) in [5.74, 6) is 0. The number of morpholine rings is 1. The van der Waals surface area contributed by atoms with Gasteiger partial charge in [-0.15, -0.1) is 0 Å². The van der Waals surface area contributed by atoms with Crippen molar-refractivity contribution in [3.05, 3.63) is 0 Å². The molecular weight excluding hydrogens is 188 g/mol. The van der Waals surface area contributed by atoms with Crippen molar-refractivity contribution in [2.75, 3.05) is 26.2 Å². The maximum absolute atomic E-state index is 5.75. The molecular formula is C12H24N2O. The summed E-state index contributed by atoms with van der Waals surface area (Å²) in [4.78, 5) is 2.59. The first-order valence-corrected chi connectivity index (χ1v) is 6.01. The molecule has 0 spiro atoms. The molecule has 0 bridgehead atoms. The van der Waals surface area contributed by atoms with Gasteiger partial charge in [0, 0.05) is 31.2 Å². The molecule has 2 saturated heterocycles. The van der Waals surface area contributed by atoms with Crippen LogP contribution in [0.5, 0.6) is 0 Å². The van der Waals surface area contributed by atoms with Gasteiger partial charge in [-0.2, -0.15) is 0 Å². The number of hydrogen-bond donors (Lipinski definition) is 1. The summed E-state index contributed by atoms with van der Waals surface area (Å²) in [6.07, 6.45) is 1.25. The molecule has 2 fully saturated rings. The van der Waals surface area contributed by atoms with Crippen LogP contribution in [0.4, 0.5) is 0 Å². The van der Waals surface area contributed by atoms with Crippen LogP contribution < -0.4 is 5.32 Å². The second-order valence-electron chi connectivity index (χ2n) is 6.20. The Morgan fingerprint density at radius 2 is 2.00 bits per heavy atom. The van der Waals surface area contributed by atoms with Gasteiger partial charge < -0.3 is 10.1 Å². The molecule has 2 heterocycles. The van der Waals surface area contributed by atoms with Gasteiger partial charge in [0.05, 0.1) is 12.2 Å². The SMILES string of the molecule is CC1(C)CC(N2CCOC(C)(C)C2)CN1. The minimum absolute atomic E-state index is 0.0327. The average molecular weight is 212 g/mol. The van der Waals surface area contributed by atoms with E-state index >= 15 is 0 Å². The third-order valence-corrected chi connectivity index (χ3v) is 3.53. The van der Waals surface area contributed by atoms with Crippen molar-refractivity contribution >= 4 is 0 Å². The van der Waals surface area contributed by atoms with Crippen molar-refractivity contribution in [1.29, 1.82) is 0 Å². The zero-order valence-corrected chi connectivity index (χ0v) is 10.5. The van der Waals surface area contributed by atoms with E-state index in [1.165, 1.54) is 6.42 Å². The lowest BCUT2D eigenvalue weighted by Gasteiger charge is -2.41. The largest absolute Gasteiger partial charge is 0.373 e. The highest BCUT2D eigenvalue weighted by Crippen LogP contribution is 2.26. The number of hydrogen-bond acceptors (Lipinski definition) is 3. The van der Waals surface area contributed by atoms with Crippen molar-refractivity contribution in [3.8, 4) is 0 Å². The van der Waals surface area contributed by atoms with Crippen molar-refractivity contribution in [3.63, 3.8) is 0 Å². The molecule has 0 aliphatic carbocycles. The second kappa shape index (κ2) is 3.72. The normalized spacial score (nSPS) is 35.6. The minimum Gasteiger partial charge on any atom is -0.373 e. The van der Waals surface area contributed by atoms with Crippen LogP contribution in [0, 0.1) is 0 Å². The van der Waals surface area contributed by atoms with Crippen molar-refractivity contribution in [2.24, 2.45) is 0 Å². The molecule has 1 unspecified atom stereocenters. The number of nitrogens with zero attached hydrogens (tertiary/aromatic N) is 1. The van der Waals surface area contributed by atoms with Gasteiger partial charge in [0.1, 0.15) is 0 Å². The molecule has 3 heteroatoms. The molecule has 88 valence electrons. The predicted octanol–water partition coefficient (Wildman–Crippen LogP) is 1.24. The summed E-state index contributed by atoms with van der Waals surface area (Å²) in [7, 11) is 0. The van der Waals surface area contributed by atoms with Crippen molar-refractivity contribution < 1.29 is 4.74 Å². The van der Waals surface area contributed by atoms with E-state index in [0.29, 0.717) is 11.6 Å². The Morgan fingerprint density at radius 1 is 1.27 bits per heavy atom. The fourth-order valence-corrected chi connectivity index (χ4v) is 2.75. The van der Waals surface area contributed by atoms with Crippen molar-refractivity contribution in [1.82, 2.24) is 10.2 Å². The molecule has 3 nitrogen and oxygen atoms in total. The van der Waals surface area contributed by atoms with Gasteiger partial charge in [-0.3, -0.25) is 4.90 Å². The molecule has 0 aromatic carbocycles. The molecule has 0 aromatic rings. The molecule has 2 rings (SSSR count). The Hall–Kier alpha value is -0.120. The number of nitrogens with one attached hydrogen (secondary N) is 1. The van der Waals surface area contributed by atoms with E-state index in [0.717, 1.165) is 26.2 Å². The zero-order chi connectivity index (χ0) is 11.1. The second-order valence-corrected chi connectivity index (χ2v) is 6.20. The smallest absolute Gasteiger partial charge is 0.0753 e. The van der Waals surface area contributed by atoms with Crippen LogP contribution in [0.2, 0.25) is 0 Å². The van der Waals surface area contributed by atoms with E-state index < -0.39 is 0 Å². The number of ether oxygens (including phenoxy) is 1. The van der Waals surface area contributed by atoms with Crippen LogP contribution in [0.3, 0.4) is 0 Å². The Balaban J connectivity index is 1.94. The fourth-order valence-electron chi connectivity index (χ4n) is 2.75. The van der Waals surface area contributed by atoms with Gasteiger partial charge in [0.2, 0.25) is 0 Å². The molecule has 0 aromatic heterocycles. The Bertz CT molecular complexity index is 238. The third kappa shape index (κ3) is 2.71. The monoisotopic (exact) mass is 212 g/mol. The lowest BCUT2D eigenvalue weighted by molar-refractivity contribution is -0.0955. The van der Waals surface area contributed by atoms with Crippen LogP contribution in [0.15, 0.2) is 0 Å². The van der Waals surface area contributed by atoms with Gasteiger partial charge in [0.25, 0.3) is 0 Å². The first-order chi connectivity index (χ1) is 6.88. The summed E-state index contributed by atoms with van der Waals surface area (Å²) >= 11 is 0. The molecule has 0 radical (unpaired) electrons. The van der Waals surface area contributed by atoms with Crippen LogP contribution in [0.1, 0.15) is 34.1 Å². The van der Waals surface area contributed by atoms with Gasteiger partial charge in [0.15, 0.2) is 0 Å². The summed E-state index contributed by atoms with van der Waals surface area (Å²) in [5, 5.41) is 3.59. The molecule has 2 aliphatic rings. The first kappa shape index (κ1) is 11.4. The summed E-state index contributed by atoms with van der Waals surface area (Å²) in [6, 6.07) is 0.697. The fraction of sp³-hybridized carbons (Fsp3) is 1.00. The van der Waals surface area contributed by atoms with Gasteiger partial charge >= 0.3 is 0 Å². The maximum Gasteiger partial charge on any atom is 0.0753 e. The predicted molar refractivity (Wildman–Crippen MR) is 62.1 cm³/mol. The number of rotatable bonds is 1. The average Bonchev–Trinajstić information content (AvgIpc) is 2.44. The standard InChI is InChI=1S/C12H24N2O/c1-11(2)7-10(8-13-11)14-5-6-15-12(3,4)9-14/h10,13H,5-9H2,1-4H3. The minimum atomic E-state index is 0.0327. The van der Waals surface area contributed by atoms with Crippen LogP contribution >= 0.6 is 0 Å². The van der Waals surface area contributed by atoms with Gasteiger partial charge in [-0.25, -0.2) is 0 Å². The highest BCUT2D eigenvalue weighted by Gasteiger charge is 2.37. The highest BCUT2D eigenvalue weighted by atomic mass is 16.5. The zero-order valence-electron chi connectivity index (χ0n) is 10.5. The van der Waals surface area contributed by atoms with E-state index in [1.807, 2.05) is 0 Å². The lowest BCUT2D eigenvalue weighted by atomic mass is 9.99. The van der Waals surface area contributed by atoms with E-state index in [-0.39, 0.29) is 5.60 Å².